The van der Waals surface area contributed by atoms with Crippen molar-refractivity contribution in [3.05, 3.63) is 139 Å². The molecule has 0 aliphatic heterocycles. The van der Waals surface area contributed by atoms with Gasteiger partial charge in [0.15, 0.2) is 0 Å². The average molecular weight is 1080 g/mol. The number of aryl methyl sites for hydroxylation is 4. The van der Waals surface area contributed by atoms with Gasteiger partial charge in [-0.15, -0.1) is 81.0 Å². The molecule has 63 heavy (non-hydrogen) atoms. The van der Waals surface area contributed by atoms with Gasteiger partial charge in [0.05, 0.1) is 34.5 Å². The summed E-state index contributed by atoms with van der Waals surface area (Å²) in [5.41, 5.74) is 3.81. The number of hydrogen-bond acceptors (Lipinski definition) is 8. The van der Waals surface area contributed by atoms with E-state index >= 15 is 0 Å². The summed E-state index contributed by atoms with van der Waals surface area (Å²) >= 11 is 21.4. The van der Waals surface area contributed by atoms with Gasteiger partial charge in [0.25, 0.3) is 0 Å². The Kier molecular flexibility index (Phi) is 22.5. The van der Waals surface area contributed by atoms with Crippen molar-refractivity contribution >= 4 is 112 Å². The number of alkyl halides is 9. The zero-order valence-corrected chi connectivity index (χ0v) is 41.0. The van der Waals surface area contributed by atoms with E-state index in [-0.39, 0.29) is 11.9 Å². The van der Waals surface area contributed by atoms with Gasteiger partial charge in [0.1, 0.15) is 21.6 Å². The molecule has 4 aromatic carbocycles. The number of aliphatic hydroxyl groups is 1. The van der Waals surface area contributed by atoms with Crippen LogP contribution in [0, 0.1) is 39.3 Å². The SMILES string of the molecule is Cc1cc(SCc2sc(-c3ccc(C(F)(F)F)c(F)c3)nc2C)ccc1CCl.Cc1cc(SCc2sc(-c3ccc(C(F)(F)F)c(F)c3)nc2C)ccc1CO.ClCCl.O=S(Cl)Cl. The lowest BCUT2D eigenvalue weighted by Crippen LogP contribution is -2.07. The topological polar surface area (TPSA) is 63.1 Å². The van der Waals surface area contributed by atoms with Crippen LogP contribution in [0.25, 0.3) is 21.1 Å². The van der Waals surface area contributed by atoms with E-state index in [2.05, 4.69) is 37.4 Å². The highest BCUT2D eigenvalue weighted by Crippen LogP contribution is 2.39. The second kappa shape index (κ2) is 25.7. The highest BCUT2D eigenvalue weighted by atomic mass is 36.0. The van der Waals surface area contributed by atoms with Gasteiger partial charge in [-0.05, 0) is 98.5 Å². The minimum Gasteiger partial charge on any atom is -0.392 e. The third-order valence-corrected chi connectivity index (χ3v) is 13.6. The first-order valence-corrected chi connectivity index (χ1v) is 25.7. The number of aliphatic hydroxyl groups excluding tert-OH is 1. The fourth-order valence-electron chi connectivity index (χ4n) is 5.27. The summed E-state index contributed by atoms with van der Waals surface area (Å²) < 4.78 is 113. The van der Waals surface area contributed by atoms with Crippen molar-refractivity contribution in [2.24, 2.45) is 0 Å². The highest BCUT2D eigenvalue weighted by molar-refractivity contribution is 8.26. The van der Waals surface area contributed by atoms with Crippen molar-refractivity contribution in [2.45, 2.75) is 73.8 Å². The number of aromatic nitrogens is 2. The second-order valence-electron chi connectivity index (χ2n) is 12.8. The number of hydrogen-bond donors (Lipinski definition) is 1. The van der Waals surface area contributed by atoms with Crippen LogP contribution in [-0.2, 0) is 45.6 Å². The summed E-state index contributed by atoms with van der Waals surface area (Å²) in [5.74, 6) is -0.800. The lowest BCUT2D eigenvalue weighted by Gasteiger charge is -2.08. The first kappa shape index (κ1) is 55.2. The normalized spacial score (nSPS) is 11.3. The van der Waals surface area contributed by atoms with Crippen molar-refractivity contribution in [2.75, 3.05) is 5.34 Å². The standard InChI is InChI=1S/C20H16ClF4NS2.C20H17F4NOS2.CH2Cl2.Cl2OS/c1-11-7-15(5-3-14(11)9-21)27-10-18-12(2)26-19(28-18)13-4-6-16(17(22)8-13)20(23,24)25;1-11-7-15(5-3-14(11)9-26)27-10-18-12(2)25-19(28-18)13-4-6-16(17(21)8-13)20(22,23)24;2-1-3;1-4(2)3/h3-8H,9-10H2,1-2H3;3-8,26H,9-10H2,1-2H3;1H2;. The Bertz CT molecular complexity index is 2300. The van der Waals surface area contributed by atoms with E-state index in [1.54, 1.807) is 23.5 Å². The predicted molar refractivity (Wildman–Crippen MR) is 248 cm³/mol. The number of thiazole rings is 2. The Morgan fingerprint density at radius 2 is 1.00 bits per heavy atom. The molecule has 1 N–H and O–H groups in total. The molecule has 0 spiro atoms. The van der Waals surface area contributed by atoms with E-state index in [4.69, 9.17) is 39.0 Å². The van der Waals surface area contributed by atoms with Crippen LogP contribution in [0.5, 0.6) is 0 Å². The zero-order valence-electron chi connectivity index (χ0n) is 33.2. The first-order chi connectivity index (χ1) is 29.5. The average Bonchev–Trinajstić information content (AvgIpc) is 3.76. The molecule has 342 valence electrons. The minimum atomic E-state index is -4.72. The molecule has 2 aromatic heterocycles. The number of rotatable bonds is 10. The lowest BCUT2D eigenvalue weighted by molar-refractivity contribution is -0.140. The van der Waals surface area contributed by atoms with E-state index in [1.165, 1.54) is 34.8 Å². The molecule has 0 amide bonds. The van der Waals surface area contributed by atoms with Gasteiger partial charge in [0, 0.05) is 69.4 Å². The molecule has 0 saturated carbocycles. The smallest absolute Gasteiger partial charge is 0.392 e. The maximum atomic E-state index is 13.9. The molecule has 6 aromatic rings. The van der Waals surface area contributed by atoms with Gasteiger partial charge in [-0.25, -0.2) is 23.0 Å². The molecular formula is C41H35Cl5F8N2O2S5. The first-order valence-electron chi connectivity index (χ1n) is 17.7. The van der Waals surface area contributed by atoms with Gasteiger partial charge in [-0.2, -0.15) is 26.3 Å². The summed E-state index contributed by atoms with van der Waals surface area (Å²) in [6.45, 7) is 7.62. The third kappa shape index (κ3) is 17.2. The highest BCUT2D eigenvalue weighted by Gasteiger charge is 2.35. The molecule has 0 radical (unpaired) electrons. The molecule has 0 unspecified atom stereocenters. The second-order valence-corrected chi connectivity index (χ2v) is 20.6. The van der Waals surface area contributed by atoms with Gasteiger partial charge in [-0.3, -0.25) is 0 Å². The van der Waals surface area contributed by atoms with Crippen LogP contribution in [0.15, 0.2) is 82.6 Å². The molecule has 2 heterocycles. The van der Waals surface area contributed by atoms with Gasteiger partial charge in [0.2, 0.25) is 9.23 Å². The number of benzene rings is 4. The lowest BCUT2D eigenvalue weighted by atomic mass is 10.1. The summed E-state index contributed by atoms with van der Waals surface area (Å²) in [4.78, 5) is 12.9. The Morgan fingerprint density at radius 1 is 0.635 bits per heavy atom. The van der Waals surface area contributed by atoms with E-state index < -0.39 is 44.3 Å². The van der Waals surface area contributed by atoms with Crippen molar-refractivity contribution < 1.29 is 44.4 Å². The fraction of sp³-hybridized carbons (Fsp3) is 0.268. The maximum absolute atomic E-state index is 13.9. The van der Waals surface area contributed by atoms with Crippen LogP contribution < -0.4 is 0 Å². The van der Waals surface area contributed by atoms with Crippen LogP contribution >= 0.6 is 102 Å². The van der Waals surface area contributed by atoms with Crippen LogP contribution in [-0.4, -0.2) is 24.6 Å². The van der Waals surface area contributed by atoms with Crippen LogP contribution in [0.3, 0.4) is 0 Å². The molecule has 0 fully saturated rings. The van der Waals surface area contributed by atoms with Crippen molar-refractivity contribution in [1.29, 1.82) is 0 Å². The van der Waals surface area contributed by atoms with E-state index in [0.717, 1.165) is 77.5 Å². The summed E-state index contributed by atoms with van der Waals surface area (Å²) in [5, 5.41) is 10.4. The van der Waals surface area contributed by atoms with Gasteiger partial charge >= 0.3 is 12.4 Å². The molecule has 0 aliphatic rings. The maximum Gasteiger partial charge on any atom is 0.419 e. The Labute approximate surface area is 402 Å². The molecule has 0 bridgehead atoms. The number of nitrogens with zero attached hydrogens (tertiary/aromatic N) is 2. The molecule has 4 nitrogen and oxygen atoms in total. The molecule has 0 aliphatic carbocycles. The number of thioether (sulfide) groups is 2. The molecule has 0 saturated heterocycles. The van der Waals surface area contributed by atoms with Crippen LogP contribution in [0.2, 0.25) is 0 Å². The summed E-state index contributed by atoms with van der Waals surface area (Å²) in [6, 6.07) is 17.7. The van der Waals surface area contributed by atoms with Gasteiger partial charge in [-0.1, -0.05) is 24.3 Å². The molecule has 22 heteroatoms. The van der Waals surface area contributed by atoms with E-state index in [9.17, 15) is 40.2 Å². The zero-order chi connectivity index (χ0) is 47.2. The minimum absolute atomic E-state index is 0.00220. The molecule has 0 atom stereocenters. The fourth-order valence-corrected chi connectivity index (χ4v) is 9.96. The van der Waals surface area contributed by atoms with Crippen LogP contribution in [0.4, 0.5) is 35.1 Å². The Balaban J connectivity index is 0.000000292. The van der Waals surface area contributed by atoms with E-state index in [1.807, 2.05) is 58.0 Å². The van der Waals surface area contributed by atoms with Crippen molar-refractivity contribution in [1.82, 2.24) is 9.97 Å². The summed E-state index contributed by atoms with van der Waals surface area (Å²) in [7, 11) is 7.36. The van der Waals surface area contributed by atoms with Gasteiger partial charge < -0.3 is 5.11 Å². The molecular weight excluding hydrogens is 1040 g/mol. The third-order valence-electron chi connectivity index (χ3n) is 8.51. The number of halogens is 13. The summed E-state index contributed by atoms with van der Waals surface area (Å²) in [6.07, 6.45) is -9.42. The quantitative estimate of drug-likeness (QED) is 0.0638. The van der Waals surface area contributed by atoms with Crippen molar-refractivity contribution in [3.8, 4) is 21.1 Å². The Hall–Kier alpha value is -2.16. The largest absolute Gasteiger partial charge is 0.419 e. The predicted octanol–water partition coefficient (Wildman–Crippen LogP) is 16.4. The Morgan fingerprint density at radius 3 is 1.30 bits per heavy atom. The van der Waals surface area contributed by atoms with Crippen molar-refractivity contribution in [3.63, 3.8) is 0 Å². The van der Waals surface area contributed by atoms with Crippen LogP contribution in [0.1, 0.15) is 54.5 Å². The van der Waals surface area contributed by atoms with E-state index in [0.29, 0.717) is 38.5 Å². The molecule has 6 rings (SSSR count). The monoisotopic (exact) mass is 1070 g/mol.